The largest absolute Gasteiger partial charge is 0.332 e. The molecular formula is C11H19N3. The summed E-state index contributed by atoms with van der Waals surface area (Å²) in [6.07, 6.45) is 3.92. The molecule has 2 rings (SSSR count). The minimum absolute atomic E-state index is 0.245. The number of hydrogen-bond donors (Lipinski definition) is 0. The van der Waals surface area contributed by atoms with Crippen LogP contribution >= 0.6 is 0 Å². The maximum absolute atomic E-state index is 4.21. The number of imidazole rings is 1. The van der Waals surface area contributed by atoms with Crippen molar-refractivity contribution in [3.8, 4) is 0 Å². The zero-order valence-electron chi connectivity index (χ0n) is 9.49. The van der Waals surface area contributed by atoms with Crippen LogP contribution in [0.3, 0.4) is 0 Å². The molecule has 0 aliphatic carbocycles. The number of hydrogen-bond acceptors (Lipinski definition) is 2. The van der Waals surface area contributed by atoms with E-state index in [0.717, 1.165) is 13.1 Å². The van der Waals surface area contributed by atoms with Crippen LogP contribution in [0.4, 0.5) is 0 Å². The highest BCUT2D eigenvalue weighted by Gasteiger charge is 2.31. The van der Waals surface area contributed by atoms with Crippen LogP contribution < -0.4 is 0 Å². The summed E-state index contributed by atoms with van der Waals surface area (Å²) in [4.78, 5) is 6.74. The fraction of sp³-hybridized carbons (Fsp3) is 0.727. The summed E-state index contributed by atoms with van der Waals surface area (Å²) in [5, 5.41) is 0. The molecule has 2 heterocycles. The normalized spacial score (nSPS) is 23.6. The van der Waals surface area contributed by atoms with E-state index in [1.165, 1.54) is 5.69 Å². The lowest BCUT2D eigenvalue weighted by Crippen LogP contribution is -2.47. The molecule has 0 saturated carbocycles. The summed E-state index contributed by atoms with van der Waals surface area (Å²) in [6.45, 7) is 11.3. The second kappa shape index (κ2) is 3.09. The molecule has 0 unspecified atom stereocenters. The predicted octanol–water partition coefficient (Wildman–Crippen LogP) is 2.06. The van der Waals surface area contributed by atoms with Crippen molar-refractivity contribution in [3.05, 3.63) is 18.2 Å². The van der Waals surface area contributed by atoms with E-state index >= 15 is 0 Å². The number of fused-ring (bicyclic) bond motifs is 1. The van der Waals surface area contributed by atoms with Gasteiger partial charge in [0.15, 0.2) is 0 Å². The van der Waals surface area contributed by atoms with Crippen LogP contribution in [0.25, 0.3) is 0 Å². The second-order valence-electron chi connectivity index (χ2n) is 5.05. The average molecular weight is 193 g/mol. The van der Waals surface area contributed by atoms with Gasteiger partial charge < -0.3 is 4.57 Å². The first-order valence-corrected chi connectivity index (χ1v) is 5.27. The molecule has 0 aromatic carbocycles. The topological polar surface area (TPSA) is 21.1 Å². The number of rotatable bonds is 0. The van der Waals surface area contributed by atoms with Gasteiger partial charge >= 0.3 is 0 Å². The molecule has 0 amide bonds. The first-order chi connectivity index (χ1) is 6.50. The molecule has 1 aliphatic heterocycles. The van der Waals surface area contributed by atoms with Crippen LogP contribution in [-0.4, -0.2) is 26.5 Å². The van der Waals surface area contributed by atoms with Gasteiger partial charge in [-0.3, -0.25) is 4.90 Å². The zero-order chi connectivity index (χ0) is 10.3. The summed E-state index contributed by atoms with van der Waals surface area (Å²) in [5.74, 6) is 0. The second-order valence-corrected chi connectivity index (χ2v) is 5.05. The Labute approximate surface area is 85.7 Å². The summed E-state index contributed by atoms with van der Waals surface area (Å²) in [7, 11) is 0. The summed E-state index contributed by atoms with van der Waals surface area (Å²) < 4.78 is 2.26. The average Bonchev–Trinajstić information content (AvgIpc) is 2.50. The highest BCUT2D eigenvalue weighted by Crippen LogP contribution is 2.30. The van der Waals surface area contributed by atoms with Gasteiger partial charge in [-0.25, -0.2) is 4.98 Å². The minimum Gasteiger partial charge on any atom is -0.332 e. The molecule has 0 bridgehead atoms. The van der Waals surface area contributed by atoms with Gasteiger partial charge in [-0.1, -0.05) is 0 Å². The third kappa shape index (κ3) is 1.46. The van der Waals surface area contributed by atoms with Crippen LogP contribution in [-0.2, 0) is 6.54 Å². The van der Waals surface area contributed by atoms with Crippen molar-refractivity contribution in [3.63, 3.8) is 0 Å². The van der Waals surface area contributed by atoms with Crippen molar-refractivity contribution in [1.82, 2.24) is 14.5 Å². The highest BCUT2D eigenvalue weighted by atomic mass is 15.3. The molecule has 1 aromatic heterocycles. The third-order valence-corrected chi connectivity index (χ3v) is 3.08. The fourth-order valence-electron chi connectivity index (χ4n) is 2.35. The Morgan fingerprint density at radius 1 is 1.36 bits per heavy atom. The molecule has 0 radical (unpaired) electrons. The predicted molar refractivity (Wildman–Crippen MR) is 57.1 cm³/mol. The standard InChI is InChI=1S/C11H19N3/c1-9-10-7-12-8-13(10)5-6-14(9)11(2,3)4/h7-9H,5-6H2,1-4H3/t9-/m0/s1. The molecule has 1 atom stereocenters. The Kier molecular flexibility index (Phi) is 2.14. The highest BCUT2D eigenvalue weighted by molar-refractivity contribution is 5.08. The van der Waals surface area contributed by atoms with Crippen LogP contribution in [0.1, 0.15) is 39.4 Å². The first-order valence-electron chi connectivity index (χ1n) is 5.27. The van der Waals surface area contributed by atoms with Gasteiger partial charge in [-0.2, -0.15) is 0 Å². The smallest absolute Gasteiger partial charge is 0.0949 e. The number of nitrogens with zero attached hydrogens (tertiary/aromatic N) is 3. The number of aromatic nitrogens is 2. The third-order valence-electron chi connectivity index (χ3n) is 3.08. The quantitative estimate of drug-likeness (QED) is 0.629. The van der Waals surface area contributed by atoms with Crippen molar-refractivity contribution in [1.29, 1.82) is 0 Å². The molecule has 78 valence electrons. The van der Waals surface area contributed by atoms with E-state index in [-0.39, 0.29) is 5.54 Å². The maximum Gasteiger partial charge on any atom is 0.0949 e. The van der Waals surface area contributed by atoms with Crippen molar-refractivity contribution < 1.29 is 0 Å². The van der Waals surface area contributed by atoms with Crippen LogP contribution in [0.5, 0.6) is 0 Å². The molecule has 3 nitrogen and oxygen atoms in total. The molecule has 0 saturated heterocycles. The lowest BCUT2D eigenvalue weighted by Gasteiger charge is -2.43. The van der Waals surface area contributed by atoms with E-state index in [9.17, 15) is 0 Å². The van der Waals surface area contributed by atoms with Crippen LogP contribution in [0, 0.1) is 0 Å². The SMILES string of the molecule is C[C@H]1c2cncn2CCN1C(C)(C)C. The van der Waals surface area contributed by atoms with Gasteiger partial charge in [-0.05, 0) is 27.7 Å². The molecular weight excluding hydrogens is 174 g/mol. The molecule has 0 fully saturated rings. The van der Waals surface area contributed by atoms with Gasteiger partial charge in [0.2, 0.25) is 0 Å². The summed E-state index contributed by atoms with van der Waals surface area (Å²) in [6, 6.07) is 0.478. The van der Waals surface area contributed by atoms with E-state index in [2.05, 4.69) is 42.1 Å². The van der Waals surface area contributed by atoms with Crippen molar-refractivity contribution in [2.24, 2.45) is 0 Å². The molecule has 1 aromatic rings. The van der Waals surface area contributed by atoms with Crippen LogP contribution in [0.15, 0.2) is 12.5 Å². The molecule has 0 N–H and O–H groups in total. The maximum atomic E-state index is 4.21. The lowest BCUT2D eigenvalue weighted by atomic mass is 10.0. The Bertz CT molecular complexity index is 322. The van der Waals surface area contributed by atoms with E-state index in [4.69, 9.17) is 0 Å². The van der Waals surface area contributed by atoms with Crippen LogP contribution in [0.2, 0.25) is 0 Å². The molecule has 0 spiro atoms. The van der Waals surface area contributed by atoms with Crippen molar-refractivity contribution in [2.75, 3.05) is 6.54 Å². The lowest BCUT2D eigenvalue weighted by molar-refractivity contribution is 0.0649. The van der Waals surface area contributed by atoms with Crippen molar-refractivity contribution in [2.45, 2.75) is 45.8 Å². The Morgan fingerprint density at radius 3 is 2.71 bits per heavy atom. The minimum atomic E-state index is 0.245. The van der Waals surface area contributed by atoms with Gasteiger partial charge in [0.05, 0.1) is 12.0 Å². The van der Waals surface area contributed by atoms with E-state index < -0.39 is 0 Å². The van der Waals surface area contributed by atoms with E-state index in [1.54, 1.807) is 0 Å². The van der Waals surface area contributed by atoms with Gasteiger partial charge in [0.25, 0.3) is 0 Å². The fourth-order valence-corrected chi connectivity index (χ4v) is 2.35. The monoisotopic (exact) mass is 193 g/mol. The molecule has 14 heavy (non-hydrogen) atoms. The van der Waals surface area contributed by atoms with Gasteiger partial charge in [0.1, 0.15) is 0 Å². The summed E-state index contributed by atoms with van der Waals surface area (Å²) >= 11 is 0. The Hall–Kier alpha value is -0.830. The molecule has 1 aliphatic rings. The Balaban J connectivity index is 2.30. The van der Waals surface area contributed by atoms with E-state index in [1.807, 2.05) is 12.5 Å². The Morgan fingerprint density at radius 2 is 2.07 bits per heavy atom. The zero-order valence-corrected chi connectivity index (χ0v) is 9.49. The first kappa shape index (κ1) is 9.71. The van der Waals surface area contributed by atoms with Gasteiger partial charge in [-0.15, -0.1) is 0 Å². The summed E-state index contributed by atoms with van der Waals surface area (Å²) in [5.41, 5.74) is 1.58. The molecule has 3 heteroatoms. The van der Waals surface area contributed by atoms with Gasteiger partial charge in [0, 0.05) is 30.9 Å². The van der Waals surface area contributed by atoms with E-state index in [0.29, 0.717) is 6.04 Å². The van der Waals surface area contributed by atoms with Crippen molar-refractivity contribution >= 4 is 0 Å².